The fourth-order valence-electron chi connectivity index (χ4n) is 4.98. The highest BCUT2D eigenvalue weighted by Crippen LogP contribution is 2.39. The molecule has 0 bridgehead atoms. The second-order valence-corrected chi connectivity index (χ2v) is 8.62. The fraction of sp³-hybridized carbons (Fsp3) is 0.600. The molecule has 0 spiro atoms. The first kappa shape index (κ1) is 21.1. The topological polar surface area (TPSA) is 9.23 Å². The Balaban J connectivity index is 1.41. The minimum Gasteiger partial charge on any atom is -0.494 e. The molecule has 2 fully saturated rings. The molecule has 0 radical (unpaired) electrons. The van der Waals surface area contributed by atoms with Gasteiger partial charge in [0.1, 0.15) is 0 Å². The van der Waals surface area contributed by atoms with E-state index in [1.807, 2.05) is 0 Å². The molecule has 0 unspecified atom stereocenters. The van der Waals surface area contributed by atoms with Crippen molar-refractivity contribution >= 4 is 0 Å². The summed E-state index contributed by atoms with van der Waals surface area (Å²) in [6.07, 6.45) is 18.6. The van der Waals surface area contributed by atoms with Crippen LogP contribution in [0.2, 0.25) is 0 Å². The number of methoxy groups -OCH3 is 1. The van der Waals surface area contributed by atoms with Crippen LogP contribution in [0.4, 0.5) is 8.78 Å². The number of allylic oxidation sites excluding steroid dienone is 3. The van der Waals surface area contributed by atoms with Crippen molar-refractivity contribution < 1.29 is 13.5 Å². The summed E-state index contributed by atoms with van der Waals surface area (Å²) in [5, 5.41) is 0. The summed E-state index contributed by atoms with van der Waals surface area (Å²) >= 11 is 0. The lowest BCUT2D eigenvalue weighted by molar-refractivity contribution is 0.297. The van der Waals surface area contributed by atoms with Gasteiger partial charge in [0.15, 0.2) is 11.6 Å². The SMILES string of the molecule is C=CC1CCC(CC/C=C/C2CCC(c3ccc(OC)c(F)c3F)CC2)CC1. The van der Waals surface area contributed by atoms with E-state index in [0.717, 1.165) is 37.5 Å². The van der Waals surface area contributed by atoms with Crippen LogP contribution < -0.4 is 4.74 Å². The minimum absolute atomic E-state index is 0.0177. The lowest BCUT2D eigenvalue weighted by Gasteiger charge is -2.28. The Morgan fingerprint density at radius 2 is 1.64 bits per heavy atom. The average Bonchev–Trinajstić information content (AvgIpc) is 2.74. The molecule has 2 aliphatic carbocycles. The van der Waals surface area contributed by atoms with Crippen LogP contribution in [0, 0.1) is 29.4 Å². The number of rotatable bonds is 7. The van der Waals surface area contributed by atoms with E-state index in [1.54, 1.807) is 12.1 Å². The highest BCUT2D eigenvalue weighted by Gasteiger charge is 2.25. The Bertz CT molecular complexity index is 665. The number of hydrogen-bond donors (Lipinski definition) is 0. The first-order chi connectivity index (χ1) is 13.6. The molecule has 2 saturated carbocycles. The van der Waals surface area contributed by atoms with Crippen molar-refractivity contribution in [1.29, 1.82) is 0 Å². The van der Waals surface area contributed by atoms with Gasteiger partial charge in [-0.05, 0) is 99.5 Å². The van der Waals surface area contributed by atoms with Crippen molar-refractivity contribution in [2.45, 2.75) is 70.1 Å². The smallest absolute Gasteiger partial charge is 0.200 e. The molecule has 0 N–H and O–H groups in total. The zero-order chi connectivity index (χ0) is 19.9. The van der Waals surface area contributed by atoms with Crippen LogP contribution in [0.1, 0.15) is 75.7 Å². The third kappa shape index (κ3) is 5.24. The molecular weight excluding hydrogens is 354 g/mol. The number of hydrogen-bond acceptors (Lipinski definition) is 1. The molecule has 0 amide bonds. The summed E-state index contributed by atoms with van der Waals surface area (Å²) < 4.78 is 33.2. The molecule has 3 heteroatoms. The molecule has 2 aliphatic rings. The third-order valence-corrected chi connectivity index (χ3v) is 6.88. The fourth-order valence-corrected chi connectivity index (χ4v) is 4.98. The summed E-state index contributed by atoms with van der Waals surface area (Å²) in [5.41, 5.74) is 0.510. The van der Waals surface area contributed by atoms with Gasteiger partial charge in [-0.2, -0.15) is 4.39 Å². The van der Waals surface area contributed by atoms with Gasteiger partial charge in [0, 0.05) is 0 Å². The molecule has 0 aromatic heterocycles. The van der Waals surface area contributed by atoms with Gasteiger partial charge in [-0.1, -0.05) is 24.3 Å². The van der Waals surface area contributed by atoms with Gasteiger partial charge >= 0.3 is 0 Å². The van der Waals surface area contributed by atoms with E-state index in [0.29, 0.717) is 11.5 Å². The third-order valence-electron chi connectivity index (χ3n) is 6.88. The van der Waals surface area contributed by atoms with Gasteiger partial charge in [0.25, 0.3) is 0 Å². The van der Waals surface area contributed by atoms with Crippen molar-refractivity contribution in [2.75, 3.05) is 7.11 Å². The predicted octanol–water partition coefficient (Wildman–Crippen LogP) is 7.58. The zero-order valence-electron chi connectivity index (χ0n) is 17.1. The first-order valence-electron chi connectivity index (χ1n) is 10.9. The van der Waals surface area contributed by atoms with Gasteiger partial charge in [0.05, 0.1) is 7.11 Å². The van der Waals surface area contributed by atoms with Crippen LogP contribution in [-0.2, 0) is 0 Å². The summed E-state index contributed by atoms with van der Waals surface area (Å²) in [5.74, 6) is 0.712. The maximum atomic E-state index is 14.3. The Labute approximate surface area is 168 Å². The van der Waals surface area contributed by atoms with Crippen LogP contribution in [0.3, 0.4) is 0 Å². The Morgan fingerprint density at radius 1 is 0.964 bits per heavy atom. The van der Waals surface area contributed by atoms with Gasteiger partial charge in [-0.3, -0.25) is 0 Å². The predicted molar refractivity (Wildman–Crippen MR) is 112 cm³/mol. The van der Waals surface area contributed by atoms with Crippen molar-refractivity contribution in [3.8, 4) is 5.75 Å². The molecule has 0 aliphatic heterocycles. The molecule has 1 nitrogen and oxygen atoms in total. The molecular formula is C25H34F2O. The average molecular weight is 389 g/mol. The van der Waals surface area contributed by atoms with E-state index in [2.05, 4.69) is 24.8 Å². The number of halogens is 2. The summed E-state index contributed by atoms with van der Waals surface area (Å²) in [6.45, 7) is 3.92. The molecule has 0 atom stereocenters. The van der Waals surface area contributed by atoms with Crippen LogP contribution in [0.25, 0.3) is 0 Å². The van der Waals surface area contributed by atoms with E-state index >= 15 is 0 Å². The number of ether oxygens (including phenoxy) is 1. The molecule has 1 aromatic rings. The van der Waals surface area contributed by atoms with E-state index < -0.39 is 11.6 Å². The zero-order valence-corrected chi connectivity index (χ0v) is 17.1. The molecule has 1 aromatic carbocycles. The Morgan fingerprint density at radius 3 is 2.29 bits per heavy atom. The van der Waals surface area contributed by atoms with Crippen molar-refractivity contribution in [1.82, 2.24) is 0 Å². The van der Waals surface area contributed by atoms with Gasteiger partial charge in [0.2, 0.25) is 5.82 Å². The first-order valence-corrected chi connectivity index (χ1v) is 10.9. The van der Waals surface area contributed by atoms with Crippen LogP contribution in [-0.4, -0.2) is 7.11 Å². The van der Waals surface area contributed by atoms with E-state index in [-0.39, 0.29) is 11.7 Å². The molecule has 154 valence electrons. The maximum absolute atomic E-state index is 14.3. The van der Waals surface area contributed by atoms with Crippen molar-refractivity contribution in [3.05, 3.63) is 54.1 Å². The monoisotopic (exact) mass is 388 g/mol. The highest BCUT2D eigenvalue weighted by molar-refractivity contribution is 5.33. The van der Waals surface area contributed by atoms with Crippen LogP contribution in [0.5, 0.6) is 5.75 Å². The molecule has 28 heavy (non-hydrogen) atoms. The van der Waals surface area contributed by atoms with Gasteiger partial charge in [-0.25, -0.2) is 4.39 Å². The summed E-state index contributed by atoms with van der Waals surface area (Å²) in [4.78, 5) is 0. The highest BCUT2D eigenvalue weighted by atomic mass is 19.2. The minimum atomic E-state index is -0.857. The van der Waals surface area contributed by atoms with Crippen molar-refractivity contribution in [2.24, 2.45) is 17.8 Å². The van der Waals surface area contributed by atoms with E-state index in [1.165, 1.54) is 45.6 Å². The van der Waals surface area contributed by atoms with Gasteiger partial charge < -0.3 is 4.74 Å². The Hall–Kier alpha value is -1.64. The van der Waals surface area contributed by atoms with Crippen LogP contribution in [0.15, 0.2) is 36.9 Å². The lowest BCUT2D eigenvalue weighted by Crippen LogP contribution is -2.14. The molecule has 0 saturated heterocycles. The summed E-state index contributed by atoms with van der Waals surface area (Å²) in [7, 11) is 1.36. The standard InChI is InChI=1S/C25H34F2O/c1-3-18-8-10-19(11-9-18)6-4-5-7-20-12-14-21(15-13-20)22-16-17-23(28-2)25(27)24(22)26/h3,5,7,16-21H,1,4,6,8-15H2,2H3/b7-5+. The normalized spacial score (nSPS) is 28.4. The molecule has 0 heterocycles. The quantitative estimate of drug-likeness (QED) is 0.438. The van der Waals surface area contributed by atoms with Crippen LogP contribution >= 0.6 is 0 Å². The lowest BCUT2D eigenvalue weighted by atomic mass is 9.78. The second kappa shape index (κ2) is 10.2. The molecule has 3 rings (SSSR count). The van der Waals surface area contributed by atoms with E-state index in [9.17, 15) is 8.78 Å². The van der Waals surface area contributed by atoms with Gasteiger partial charge in [-0.15, -0.1) is 6.58 Å². The second-order valence-electron chi connectivity index (χ2n) is 8.62. The summed E-state index contributed by atoms with van der Waals surface area (Å²) in [6, 6.07) is 3.24. The maximum Gasteiger partial charge on any atom is 0.200 e. The number of benzene rings is 1. The largest absolute Gasteiger partial charge is 0.494 e. The Kier molecular flexibility index (Phi) is 7.70. The van der Waals surface area contributed by atoms with Crippen molar-refractivity contribution in [3.63, 3.8) is 0 Å². The van der Waals surface area contributed by atoms with E-state index in [4.69, 9.17) is 4.74 Å².